The molecule has 18 heavy (non-hydrogen) atoms. The third-order valence-corrected chi connectivity index (χ3v) is 4.28. The van der Waals surface area contributed by atoms with Crippen molar-refractivity contribution in [3.63, 3.8) is 0 Å². The summed E-state index contributed by atoms with van der Waals surface area (Å²) in [5.41, 5.74) is 5.42. The molecule has 0 rings (SSSR count). The molecule has 0 heterocycles. The summed E-state index contributed by atoms with van der Waals surface area (Å²) in [6, 6.07) is 0. The topological polar surface area (TPSA) is 96.0 Å². The molecule has 0 saturated carbocycles. The van der Waals surface area contributed by atoms with E-state index in [1.807, 2.05) is 4.90 Å². The van der Waals surface area contributed by atoms with Gasteiger partial charge in [0.25, 0.3) is 0 Å². The van der Waals surface area contributed by atoms with Gasteiger partial charge < -0.3 is 15.8 Å². The lowest BCUT2D eigenvalue weighted by Crippen LogP contribution is -2.35. The van der Waals surface area contributed by atoms with E-state index < -0.39 is 9.84 Å². The summed E-state index contributed by atoms with van der Waals surface area (Å²) < 4.78 is 22.9. The third kappa shape index (κ3) is 8.30. The Kier molecular flexibility index (Phi) is 7.93. The van der Waals surface area contributed by atoms with Crippen molar-refractivity contribution in [2.45, 2.75) is 27.2 Å². The second kappa shape index (κ2) is 8.31. The lowest BCUT2D eigenvalue weighted by atomic mass is 10.2. The highest BCUT2D eigenvalue weighted by atomic mass is 32.2. The van der Waals surface area contributed by atoms with Gasteiger partial charge >= 0.3 is 0 Å². The van der Waals surface area contributed by atoms with Crippen LogP contribution in [0.2, 0.25) is 0 Å². The van der Waals surface area contributed by atoms with Crippen LogP contribution in [0.25, 0.3) is 0 Å². The van der Waals surface area contributed by atoms with Gasteiger partial charge in [-0.25, -0.2) is 8.42 Å². The van der Waals surface area contributed by atoms with Crippen molar-refractivity contribution >= 4 is 15.7 Å². The molecule has 0 spiro atoms. The maximum absolute atomic E-state index is 11.5. The van der Waals surface area contributed by atoms with Crippen molar-refractivity contribution in [3.8, 4) is 0 Å². The molecule has 0 amide bonds. The molecule has 0 aliphatic rings. The standard InChI is InChI=1S/C11H25N3O3S/c1-4-18(16,17)8-7-14(9-10(2)3)6-5-11(12)13-15/h10,15H,4-9H2,1-3H3,(H2,12,13). The van der Waals surface area contributed by atoms with E-state index in [1.165, 1.54) is 0 Å². The van der Waals surface area contributed by atoms with Crippen molar-refractivity contribution in [1.29, 1.82) is 0 Å². The first-order valence-corrected chi connectivity index (χ1v) is 8.02. The molecule has 0 atom stereocenters. The lowest BCUT2D eigenvalue weighted by Gasteiger charge is -2.23. The first kappa shape index (κ1) is 17.2. The van der Waals surface area contributed by atoms with Gasteiger partial charge in [0.2, 0.25) is 0 Å². The van der Waals surface area contributed by atoms with Crippen molar-refractivity contribution in [2.24, 2.45) is 16.8 Å². The van der Waals surface area contributed by atoms with Crippen LogP contribution in [0.4, 0.5) is 0 Å². The third-order valence-electron chi connectivity index (χ3n) is 2.59. The highest BCUT2D eigenvalue weighted by molar-refractivity contribution is 7.91. The number of oxime groups is 1. The Bertz CT molecular complexity index is 353. The van der Waals surface area contributed by atoms with Gasteiger partial charge in [-0.1, -0.05) is 25.9 Å². The van der Waals surface area contributed by atoms with Crippen LogP contribution in [0.3, 0.4) is 0 Å². The lowest BCUT2D eigenvalue weighted by molar-refractivity contribution is 0.261. The Morgan fingerprint density at radius 3 is 2.44 bits per heavy atom. The van der Waals surface area contributed by atoms with Crippen molar-refractivity contribution in [3.05, 3.63) is 0 Å². The summed E-state index contributed by atoms with van der Waals surface area (Å²) in [5, 5.41) is 11.4. The molecule has 7 heteroatoms. The second-order valence-corrected chi connectivity index (χ2v) is 7.24. The molecule has 108 valence electrons. The van der Waals surface area contributed by atoms with E-state index in [4.69, 9.17) is 10.9 Å². The Labute approximate surface area is 110 Å². The number of hydrogen-bond acceptors (Lipinski definition) is 5. The van der Waals surface area contributed by atoms with Gasteiger partial charge in [-0.15, -0.1) is 0 Å². The molecule has 0 aromatic heterocycles. The molecule has 6 nitrogen and oxygen atoms in total. The smallest absolute Gasteiger partial charge is 0.151 e. The Hall–Kier alpha value is -0.820. The van der Waals surface area contributed by atoms with E-state index in [2.05, 4.69) is 19.0 Å². The molecule has 0 saturated heterocycles. The number of sulfone groups is 1. The van der Waals surface area contributed by atoms with Gasteiger partial charge in [0, 0.05) is 31.8 Å². The maximum Gasteiger partial charge on any atom is 0.151 e. The van der Waals surface area contributed by atoms with Crippen molar-refractivity contribution < 1.29 is 13.6 Å². The highest BCUT2D eigenvalue weighted by Crippen LogP contribution is 2.02. The second-order valence-electron chi connectivity index (χ2n) is 4.77. The highest BCUT2D eigenvalue weighted by Gasteiger charge is 2.13. The molecular weight excluding hydrogens is 254 g/mol. The maximum atomic E-state index is 11.5. The fraction of sp³-hybridized carbons (Fsp3) is 0.909. The number of hydrogen-bond donors (Lipinski definition) is 2. The summed E-state index contributed by atoms with van der Waals surface area (Å²) in [6.45, 7) is 7.70. The van der Waals surface area contributed by atoms with Crippen LogP contribution < -0.4 is 5.73 Å². The molecule has 3 N–H and O–H groups in total. The van der Waals surface area contributed by atoms with E-state index >= 15 is 0 Å². The molecule has 0 bridgehead atoms. The van der Waals surface area contributed by atoms with E-state index in [-0.39, 0.29) is 17.3 Å². The van der Waals surface area contributed by atoms with Crippen LogP contribution in [0.15, 0.2) is 5.16 Å². The van der Waals surface area contributed by atoms with Crippen LogP contribution in [0.5, 0.6) is 0 Å². The van der Waals surface area contributed by atoms with Crippen LogP contribution >= 0.6 is 0 Å². The summed E-state index contributed by atoms with van der Waals surface area (Å²) in [5.74, 6) is 0.943. The van der Waals surface area contributed by atoms with Crippen molar-refractivity contribution in [1.82, 2.24) is 4.90 Å². The van der Waals surface area contributed by atoms with Crippen LogP contribution in [0.1, 0.15) is 27.2 Å². The van der Waals surface area contributed by atoms with Gasteiger partial charge in [-0.2, -0.15) is 0 Å². The number of nitrogens with two attached hydrogens (primary N) is 1. The predicted molar refractivity (Wildman–Crippen MR) is 73.6 cm³/mol. The molecule has 0 aliphatic heterocycles. The number of nitrogens with zero attached hydrogens (tertiary/aromatic N) is 2. The van der Waals surface area contributed by atoms with Gasteiger partial charge in [-0.3, -0.25) is 0 Å². The minimum atomic E-state index is -2.95. The molecular formula is C11H25N3O3S. The molecule has 0 aromatic carbocycles. The monoisotopic (exact) mass is 279 g/mol. The first-order chi connectivity index (χ1) is 8.30. The Morgan fingerprint density at radius 2 is 2.00 bits per heavy atom. The van der Waals surface area contributed by atoms with Crippen LogP contribution in [-0.2, 0) is 9.84 Å². The summed E-state index contributed by atoms with van der Waals surface area (Å²) >= 11 is 0. The zero-order chi connectivity index (χ0) is 14.2. The van der Waals surface area contributed by atoms with Gasteiger partial charge in [-0.05, 0) is 5.92 Å². The van der Waals surface area contributed by atoms with Gasteiger partial charge in [0.15, 0.2) is 9.84 Å². The molecule has 0 radical (unpaired) electrons. The van der Waals surface area contributed by atoms with E-state index in [1.54, 1.807) is 6.92 Å². The normalized spacial score (nSPS) is 13.5. The SMILES string of the molecule is CCS(=O)(=O)CCN(CCC(N)=NO)CC(C)C. The number of amidine groups is 1. The molecule has 0 aromatic rings. The van der Waals surface area contributed by atoms with Crippen LogP contribution in [-0.4, -0.2) is 55.5 Å². The zero-order valence-corrected chi connectivity index (χ0v) is 12.3. The minimum Gasteiger partial charge on any atom is -0.409 e. The largest absolute Gasteiger partial charge is 0.409 e. The Morgan fingerprint density at radius 1 is 1.39 bits per heavy atom. The van der Waals surface area contributed by atoms with Crippen LogP contribution in [0, 0.1) is 5.92 Å². The van der Waals surface area contributed by atoms with Crippen molar-refractivity contribution in [2.75, 3.05) is 31.1 Å². The molecule has 0 fully saturated rings. The average molecular weight is 279 g/mol. The van der Waals surface area contributed by atoms with E-state index in [0.29, 0.717) is 25.4 Å². The Balaban J connectivity index is 4.32. The fourth-order valence-corrected chi connectivity index (χ4v) is 2.37. The first-order valence-electron chi connectivity index (χ1n) is 6.20. The quantitative estimate of drug-likeness (QED) is 0.277. The number of rotatable bonds is 9. The zero-order valence-electron chi connectivity index (χ0n) is 11.5. The summed E-state index contributed by atoms with van der Waals surface area (Å²) in [6.07, 6.45) is 0.440. The van der Waals surface area contributed by atoms with Gasteiger partial charge in [0.05, 0.1) is 5.75 Å². The molecule has 0 unspecified atom stereocenters. The van der Waals surface area contributed by atoms with E-state index in [9.17, 15) is 8.42 Å². The molecule has 0 aliphatic carbocycles. The summed E-state index contributed by atoms with van der Waals surface area (Å²) in [4.78, 5) is 2.04. The minimum absolute atomic E-state index is 0.159. The van der Waals surface area contributed by atoms with Gasteiger partial charge in [0.1, 0.15) is 5.84 Å². The fourth-order valence-electron chi connectivity index (χ4n) is 1.55. The predicted octanol–water partition coefficient (Wildman–Crippen LogP) is 0.516. The average Bonchev–Trinajstić information content (AvgIpc) is 2.31. The summed E-state index contributed by atoms with van der Waals surface area (Å²) in [7, 11) is -2.95. The van der Waals surface area contributed by atoms with E-state index in [0.717, 1.165) is 6.54 Å².